The van der Waals surface area contributed by atoms with E-state index in [2.05, 4.69) is 25.3 Å². The summed E-state index contributed by atoms with van der Waals surface area (Å²) in [5, 5.41) is 3.69. The maximum Gasteiger partial charge on any atom is 0.322 e. The molecular weight excluding hydrogens is 494 g/mol. The molecule has 0 saturated carbocycles. The molecule has 1 aliphatic heterocycles. The molecule has 6 rings (SSSR count). The molecule has 0 radical (unpaired) electrons. The highest BCUT2D eigenvalue weighted by molar-refractivity contribution is 6.08. The number of nitrogen functional groups attached to an aromatic ring is 1. The van der Waals surface area contributed by atoms with E-state index in [1.54, 1.807) is 12.3 Å². The van der Waals surface area contributed by atoms with Crippen molar-refractivity contribution in [3.05, 3.63) is 84.5 Å². The summed E-state index contributed by atoms with van der Waals surface area (Å²) in [5.74, 6) is 0.839. The fourth-order valence-corrected chi connectivity index (χ4v) is 4.63. The lowest BCUT2D eigenvalue weighted by Gasteiger charge is -2.11. The Balaban J connectivity index is 1.37. The molecule has 0 bridgehead atoms. The number of nitrogens with two attached hydrogens (primary N) is 1. The van der Waals surface area contributed by atoms with Crippen molar-refractivity contribution in [2.24, 2.45) is 7.05 Å². The van der Waals surface area contributed by atoms with Gasteiger partial charge in [0.25, 0.3) is 5.91 Å². The smallest absolute Gasteiger partial charge is 0.322 e. The van der Waals surface area contributed by atoms with Crippen molar-refractivity contribution < 1.29 is 14.3 Å². The molecule has 0 fully saturated rings. The summed E-state index contributed by atoms with van der Waals surface area (Å²) in [5.41, 5.74) is 12.9. The molecule has 0 spiro atoms. The molecule has 0 atom stereocenters. The minimum atomic E-state index is -0.160. The zero-order valence-corrected chi connectivity index (χ0v) is 21.4. The molecule has 0 unspecified atom stereocenters. The van der Waals surface area contributed by atoms with Gasteiger partial charge in [0, 0.05) is 35.8 Å². The van der Waals surface area contributed by atoms with Crippen molar-refractivity contribution in [2.45, 2.75) is 6.92 Å². The van der Waals surface area contributed by atoms with Gasteiger partial charge in [-0.2, -0.15) is 0 Å². The molecule has 0 aliphatic carbocycles. The molecule has 3 aromatic heterocycles. The minimum absolute atomic E-state index is 0.160. The summed E-state index contributed by atoms with van der Waals surface area (Å²) >= 11 is 0. The largest absolute Gasteiger partial charge is 0.424 e. The Morgan fingerprint density at radius 2 is 1.79 bits per heavy atom. The van der Waals surface area contributed by atoms with Crippen LogP contribution < -0.4 is 15.8 Å². The number of anilines is 2. The summed E-state index contributed by atoms with van der Waals surface area (Å²) in [6.45, 7) is 2.67. The zero-order valence-electron chi connectivity index (χ0n) is 21.4. The number of hydrogen-bond acceptors (Lipinski definition) is 8. The van der Waals surface area contributed by atoms with Crippen LogP contribution in [-0.2, 0) is 16.6 Å². The van der Waals surface area contributed by atoms with E-state index in [1.165, 1.54) is 6.33 Å². The number of nitrogens with one attached hydrogen (secondary N) is 1. The first-order chi connectivity index (χ1) is 19.0. The number of nitrogens with zero attached hydrogens (tertiary/aromatic N) is 5. The van der Waals surface area contributed by atoms with Crippen LogP contribution in [0.2, 0.25) is 0 Å². The highest BCUT2D eigenvalue weighted by atomic mass is 16.5. The van der Waals surface area contributed by atoms with Gasteiger partial charge < -0.3 is 25.1 Å². The van der Waals surface area contributed by atoms with Gasteiger partial charge in [0.1, 0.15) is 23.5 Å². The van der Waals surface area contributed by atoms with Crippen LogP contribution in [0, 0.1) is 6.92 Å². The Labute approximate surface area is 224 Å². The third-order valence-corrected chi connectivity index (χ3v) is 6.53. The number of amides is 1. The summed E-state index contributed by atoms with van der Waals surface area (Å²) < 4.78 is 13.1. The summed E-state index contributed by atoms with van der Waals surface area (Å²) in [7, 11) is 1.95. The van der Waals surface area contributed by atoms with Gasteiger partial charge in [0.2, 0.25) is 0 Å². The summed E-state index contributed by atoms with van der Waals surface area (Å²) in [6.07, 6.45) is 4.92. The number of carbonyl (C=O) groups is 1. The monoisotopic (exact) mass is 519 g/mol. The van der Waals surface area contributed by atoms with Crippen LogP contribution in [0.5, 0.6) is 11.8 Å². The van der Waals surface area contributed by atoms with Crippen molar-refractivity contribution in [3.8, 4) is 34.1 Å². The van der Waals surface area contributed by atoms with Gasteiger partial charge in [-0.25, -0.2) is 19.9 Å². The normalized spacial score (nSPS) is 12.9. The second-order valence-corrected chi connectivity index (χ2v) is 9.12. The van der Waals surface area contributed by atoms with E-state index in [-0.39, 0.29) is 11.9 Å². The van der Waals surface area contributed by atoms with E-state index < -0.39 is 0 Å². The SMILES string of the molecule is Cc1ccnc(Oc2ccc(-c3c(-c4ccc(NC(=O)C5=CCOC5)cc4)n(C)c4ncnc(N)c34)cc2)n1. The number of hydrogen-bond donors (Lipinski definition) is 2. The van der Waals surface area contributed by atoms with Crippen molar-refractivity contribution in [2.75, 3.05) is 24.3 Å². The molecule has 194 valence electrons. The molecule has 10 heteroatoms. The first-order valence-electron chi connectivity index (χ1n) is 12.3. The average Bonchev–Trinajstić information content (AvgIpc) is 3.58. The maximum atomic E-state index is 12.5. The lowest BCUT2D eigenvalue weighted by Crippen LogP contribution is -2.15. The van der Waals surface area contributed by atoms with Crippen LogP contribution in [-0.4, -0.2) is 43.6 Å². The first kappa shape index (κ1) is 24.3. The van der Waals surface area contributed by atoms with E-state index in [4.69, 9.17) is 15.2 Å². The highest BCUT2D eigenvalue weighted by Gasteiger charge is 2.22. The molecule has 3 N–H and O–H groups in total. The summed E-state index contributed by atoms with van der Waals surface area (Å²) in [4.78, 5) is 29.7. The molecule has 2 aromatic carbocycles. The van der Waals surface area contributed by atoms with Crippen LogP contribution in [0.1, 0.15) is 5.69 Å². The van der Waals surface area contributed by atoms with Gasteiger partial charge in [-0.1, -0.05) is 24.3 Å². The fraction of sp³-hybridized carbons (Fsp3) is 0.138. The molecular formula is C29H25N7O3. The lowest BCUT2D eigenvalue weighted by molar-refractivity contribution is -0.113. The molecule has 10 nitrogen and oxygen atoms in total. The van der Waals surface area contributed by atoms with Gasteiger partial charge in [0.05, 0.1) is 24.3 Å². The van der Waals surface area contributed by atoms with E-state index in [1.807, 2.05) is 73.1 Å². The second kappa shape index (κ2) is 9.99. The number of rotatable bonds is 6. The van der Waals surface area contributed by atoms with Crippen molar-refractivity contribution in [3.63, 3.8) is 0 Å². The van der Waals surface area contributed by atoms with Gasteiger partial charge >= 0.3 is 6.01 Å². The number of aromatic nitrogens is 5. The molecule has 1 aliphatic rings. The first-order valence-corrected chi connectivity index (χ1v) is 12.3. The number of carbonyl (C=O) groups excluding carboxylic acids is 1. The molecule has 4 heterocycles. The summed E-state index contributed by atoms with van der Waals surface area (Å²) in [6, 6.07) is 17.4. The topological polar surface area (TPSA) is 130 Å². The standard InChI is InChI=1S/C29H25N7O3/c1-17-11-13-31-29(34-17)39-22-9-5-18(6-10-22)23-24-26(30)32-16-33-27(24)36(2)25(23)19-3-7-21(8-4-19)35-28(37)20-12-14-38-15-20/h3-13,16H,14-15H2,1-2H3,(H,35,37)(H2,30,32,33). The number of benzene rings is 2. The van der Waals surface area contributed by atoms with Gasteiger partial charge in [-0.15, -0.1) is 0 Å². The van der Waals surface area contributed by atoms with Crippen molar-refractivity contribution >= 4 is 28.4 Å². The predicted octanol–water partition coefficient (Wildman–Crippen LogP) is 4.67. The number of aryl methyl sites for hydroxylation is 2. The van der Waals surface area contributed by atoms with Crippen LogP contribution in [0.25, 0.3) is 33.4 Å². The lowest BCUT2D eigenvalue weighted by atomic mass is 9.98. The van der Waals surface area contributed by atoms with Gasteiger partial charge in [-0.05, 0) is 54.5 Å². The Hall–Kier alpha value is -5.09. The second-order valence-electron chi connectivity index (χ2n) is 9.12. The Morgan fingerprint density at radius 1 is 1.03 bits per heavy atom. The quantitative estimate of drug-likeness (QED) is 0.331. The van der Waals surface area contributed by atoms with E-state index >= 15 is 0 Å². The van der Waals surface area contributed by atoms with Crippen LogP contribution >= 0.6 is 0 Å². The maximum absolute atomic E-state index is 12.5. The molecule has 1 amide bonds. The number of ether oxygens (including phenoxy) is 2. The predicted molar refractivity (Wildman–Crippen MR) is 148 cm³/mol. The highest BCUT2D eigenvalue weighted by Crippen LogP contribution is 2.42. The average molecular weight is 520 g/mol. The van der Waals surface area contributed by atoms with E-state index in [0.29, 0.717) is 41.7 Å². The molecule has 39 heavy (non-hydrogen) atoms. The Bertz CT molecular complexity index is 1730. The van der Waals surface area contributed by atoms with Crippen LogP contribution in [0.4, 0.5) is 11.5 Å². The van der Waals surface area contributed by atoms with Crippen LogP contribution in [0.15, 0.2) is 78.8 Å². The van der Waals surface area contributed by atoms with Crippen LogP contribution in [0.3, 0.4) is 0 Å². The third-order valence-electron chi connectivity index (χ3n) is 6.53. The Kier molecular flexibility index (Phi) is 6.22. The van der Waals surface area contributed by atoms with Gasteiger partial charge in [0.15, 0.2) is 0 Å². The van der Waals surface area contributed by atoms with E-state index in [0.717, 1.165) is 33.5 Å². The Morgan fingerprint density at radius 3 is 2.51 bits per heavy atom. The third kappa shape index (κ3) is 4.69. The fourth-order valence-electron chi connectivity index (χ4n) is 4.63. The van der Waals surface area contributed by atoms with Crippen molar-refractivity contribution in [1.82, 2.24) is 24.5 Å². The molecule has 5 aromatic rings. The van der Waals surface area contributed by atoms with E-state index in [9.17, 15) is 4.79 Å². The molecule has 0 saturated heterocycles. The van der Waals surface area contributed by atoms with Crippen molar-refractivity contribution in [1.29, 1.82) is 0 Å². The van der Waals surface area contributed by atoms with Gasteiger partial charge in [-0.3, -0.25) is 4.79 Å². The number of fused-ring (bicyclic) bond motifs is 1. The zero-order chi connectivity index (χ0) is 26.9. The minimum Gasteiger partial charge on any atom is -0.424 e.